The number of hydrogen-bond acceptors (Lipinski definition) is 5. The summed E-state index contributed by atoms with van der Waals surface area (Å²) in [5, 5.41) is 3.42. The number of rotatable bonds is 2. The van der Waals surface area contributed by atoms with Crippen molar-refractivity contribution in [1.82, 2.24) is 14.7 Å². The molecule has 4 rings (SSSR count). The molecule has 0 bridgehead atoms. The number of hydrogen-bond donors (Lipinski definition) is 1. The first-order valence-electron chi connectivity index (χ1n) is 8.99. The first-order valence-corrected chi connectivity index (χ1v) is 8.99. The molecule has 6 nitrogen and oxygen atoms in total. The van der Waals surface area contributed by atoms with Gasteiger partial charge in [-0.25, -0.2) is 4.98 Å². The summed E-state index contributed by atoms with van der Waals surface area (Å²) >= 11 is 0. The molecule has 2 fully saturated rings. The van der Waals surface area contributed by atoms with Crippen molar-refractivity contribution in [3.05, 3.63) is 34.7 Å². The minimum atomic E-state index is 0.0585. The van der Waals surface area contributed by atoms with Gasteiger partial charge in [-0.1, -0.05) is 6.07 Å². The van der Waals surface area contributed by atoms with E-state index in [1.165, 1.54) is 6.42 Å². The fourth-order valence-electron chi connectivity index (χ4n) is 3.82. The van der Waals surface area contributed by atoms with Gasteiger partial charge in [0, 0.05) is 45.0 Å². The lowest BCUT2D eigenvalue weighted by atomic mass is 10.1. The maximum absolute atomic E-state index is 13.2. The Bertz CT molecular complexity index is 781. The summed E-state index contributed by atoms with van der Waals surface area (Å²) in [6.07, 6.45) is 5.36. The Labute approximate surface area is 142 Å². The summed E-state index contributed by atoms with van der Waals surface area (Å²) in [4.78, 5) is 22.7. The molecule has 6 heteroatoms. The minimum Gasteiger partial charge on any atom is -0.364 e. The van der Waals surface area contributed by atoms with E-state index in [9.17, 15) is 4.79 Å². The molecular formula is C18H25N5O. The van der Waals surface area contributed by atoms with Crippen molar-refractivity contribution in [2.45, 2.75) is 32.2 Å². The van der Waals surface area contributed by atoms with Crippen LogP contribution in [0.25, 0.3) is 5.65 Å². The minimum absolute atomic E-state index is 0.0585. The summed E-state index contributed by atoms with van der Waals surface area (Å²) in [6, 6.07) is 6.08. The predicted octanol–water partition coefficient (Wildman–Crippen LogP) is 1.48. The Morgan fingerprint density at radius 1 is 1.17 bits per heavy atom. The third-order valence-electron chi connectivity index (χ3n) is 5.14. The van der Waals surface area contributed by atoms with E-state index in [0.29, 0.717) is 6.04 Å². The van der Waals surface area contributed by atoms with Crippen molar-refractivity contribution < 1.29 is 0 Å². The van der Waals surface area contributed by atoms with Crippen molar-refractivity contribution in [3.8, 4) is 0 Å². The maximum Gasteiger partial charge on any atom is 0.283 e. The Kier molecular flexibility index (Phi) is 4.14. The smallest absolute Gasteiger partial charge is 0.283 e. The maximum atomic E-state index is 13.2. The van der Waals surface area contributed by atoms with E-state index in [-0.39, 0.29) is 5.56 Å². The van der Waals surface area contributed by atoms with Gasteiger partial charge in [-0.3, -0.25) is 9.20 Å². The van der Waals surface area contributed by atoms with E-state index in [2.05, 4.69) is 22.0 Å². The highest BCUT2D eigenvalue weighted by molar-refractivity contribution is 5.70. The third kappa shape index (κ3) is 2.65. The van der Waals surface area contributed by atoms with Gasteiger partial charge in [-0.15, -0.1) is 0 Å². The van der Waals surface area contributed by atoms with Gasteiger partial charge in [0.15, 0.2) is 5.82 Å². The molecule has 2 aromatic heterocycles. The average molecular weight is 327 g/mol. The molecule has 0 radical (unpaired) electrons. The SMILES string of the molecule is CC1CNCCN1c1nc2ccccn2c(=O)c1N1CCCCC1. The number of anilines is 2. The molecule has 0 amide bonds. The van der Waals surface area contributed by atoms with Crippen LogP contribution >= 0.6 is 0 Å². The van der Waals surface area contributed by atoms with Gasteiger partial charge >= 0.3 is 0 Å². The summed E-state index contributed by atoms with van der Waals surface area (Å²) in [6.45, 7) is 6.83. The summed E-state index contributed by atoms with van der Waals surface area (Å²) in [5.74, 6) is 0.863. The van der Waals surface area contributed by atoms with E-state index in [4.69, 9.17) is 4.98 Å². The molecule has 2 saturated heterocycles. The van der Waals surface area contributed by atoms with Crippen LogP contribution in [0, 0.1) is 0 Å². The molecule has 1 unspecified atom stereocenters. The zero-order valence-corrected chi connectivity index (χ0v) is 14.2. The molecule has 1 N–H and O–H groups in total. The highest BCUT2D eigenvalue weighted by Gasteiger charge is 2.28. The van der Waals surface area contributed by atoms with Crippen molar-refractivity contribution in [2.75, 3.05) is 42.5 Å². The Morgan fingerprint density at radius 3 is 2.79 bits per heavy atom. The van der Waals surface area contributed by atoms with E-state index >= 15 is 0 Å². The lowest BCUT2D eigenvalue weighted by molar-refractivity contribution is 0.495. The molecule has 2 aliphatic rings. The van der Waals surface area contributed by atoms with Gasteiger partial charge in [-0.05, 0) is 38.3 Å². The van der Waals surface area contributed by atoms with Gasteiger partial charge < -0.3 is 15.1 Å². The molecule has 0 aliphatic carbocycles. The fraction of sp³-hybridized carbons (Fsp3) is 0.556. The fourth-order valence-corrected chi connectivity index (χ4v) is 3.82. The summed E-state index contributed by atoms with van der Waals surface area (Å²) < 4.78 is 1.68. The van der Waals surface area contributed by atoms with Crippen molar-refractivity contribution in [3.63, 3.8) is 0 Å². The standard InChI is InChI=1S/C18H25N5O/c1-14-13-19-8-12-22(14)17-16(21-9-4-2-5-10-21)18(24)23-11-6-3-7-15(23)20-17/h3,6-7,11,14,19H,2,4-5,8-10,12-13H2,1H3. The van der Waals surface area contributed by atoms with Crippen LogP contribution in [-0.2, 0) is 0 Å². The highest BCUT2D eigenvalue weighted by Crippen LogP contribution is 2.28. The monoisotopic (exact) mass is 327 g/mol. The average Bonchev–Trinajstić information content (AvgIpc) is 2.63. The van der Waals surface area contributed by atoms with Crippen molar-refractivity contribution in [2.24, 2.45) is 0 Å². The third-order valence-corrected chi connectivity index (χ3v) is 5.14. The van der Waals surface area contributed by atoms with E-state index in [1.807, 2.05) is 24.4 Å². The number of nitrogens with one attached hydrogen (secondary N) is 1. The van der Waals surface area contributed by atoms with Crippen LogP contribution in [0.4, 0.5) is 11.5 Å². The molecule has 0 saturated carbocycles. The number of piperazine rings is 1. The van der Waals surface area contributed by atoms with Crippen molar-refractivity contribution in [1.29, 1.82) is 0 Å². The lowest BCUT2D eigenvalue weighted by Crippen LogP contribution is -2.51. The topological polar surface area (TPSA) is 52.9 Å². The lowest BCUT2D eigenvalue weighted by Gasteiger charge is -2.38. The summed E-state index contributed by atoms with van der Waals surface area (Å²) in [5.41, 5.74) is 1.57. The normalized spacial score (nSPS) is 22.1. The Morgan fingerprint density at radius 2 is 2.00 bits per heavy atom. The number of piperidine rings is 1. The van der Waals surface area contributed by atoms with Gasteiger partial charge in [0.2, 0.25) is 0 Å². The quantitative estimate of drug-likeness (QED) is 0.905. The Hall–Kier alpha value is -2.08. The van der Waals surface area contributed by atoms with Crippen LogP contribution in [0.3, 0.4) is 0 Å². The van der Waals surface area contributed by atoms with Gasteiger partial charge in [0.1, 0.15) is 11.3 Å². The molecule has 24 heavy (non-hydrogen) atoms. The van der Waals surface area contributed by atoms with Crippen LogP contribution in [0.15, 0.2) is 29.2 Å². The number of aromatic nitrogens is 2. The van der Waals surface area contributed by atoms with E-state index < -0.39 is 0 Å². The van der Waals surface area contributed by atoms with Gasteiger partial charge in [0.25, 0.3) is 5.56 Å². The first kappa shape index (κ1) is 15.4. The molecule has 1 atom stereocenters. The summed E-state index contributed by atoms with van der Waals surface area (Å²) in [7, 11) is 0. The zero-order chi connectivity index (χ0) is 16.5. The van der Waals surface area contributed by atoms with Gasteiger partial charge in [0.05, 0.1) is 0 Å². The number of nitrogens with zero attached hydrogens (tertiary/aromatic N) is 4. The van der Waals surface area contributed by atoms with Crippen LogP contribution in [0.2, 0.25) is 0 Å². The second kappa shape index (κ2) is 6.43. The molecule has 0 spiro atoms. The zero-order valence-electron chi connectivity index (χ0n) is 14.2. The van der Waals surface area contributed by atoms with Crippen LogP contribution in [0.5, 0.6) is 0 Å². The largest absolute Gasteiger partial charge is 0.364 e. The van der Waals surface area contributed by atoms with E-state index in [1.54, 1.807) is 4.40 Å². The van der Waals surface area contributed by atoms with E-state index in [0.717, 1.165) is 62.7 Å². The highest BCUT2D eigenvalue weighted by atomic mass is 16.1. The molecule has 2 aliphatic heterocycles. The molecule has 0 aromatic carbocycles. The number of pyridine rings is 1. The second-order valence-electron chi connectivity index (χ2n) is 6.81. The number of fused-ring (bicyclic) bond motifs is 1. The van der Waals surface area contributed by atoms with Gasteiger partial charge in [-0.2, -0.15) is 0 Å². The second-order valence-corrected chi connectivity index (χ2v) is 6.81. The van der Waals surface area contributed by atoms with Crippen LogP contribution < -0.4 is 20.7 Å². The molecular weight excluding hydrogens is 302 g/mol. The van der Waals surface area contributed by atoms with Crippen LogP contribution in [0.1, 0.15) is 26.2 Å². The first-order chi connectivity index (χ1) is 11.8. The molecule has 128 valence electrons. The van der Waals surface area contributed by atoms with Crippen LogP contribution in [-0.4, -0.2) is 48.2 Å². The predicted molar refractivity (Wildman–Crippen MR) is 97.2 cm³/mol. The van der Waals surface area contributed by atoms with Crippen molar-refractivity contribution >= 4 is 17.2 Å². The molecule has 2 aromatic rings. The molecule has 4 heterocycles. The Balaban J connectivity index is 1.90.